The van der Waals surface area contributed by atoms with Crippen molar-refractivity contribution in [1.82, 2.24) is 20.2 Å². The maximum atomic E-state index is 5.97. The smallest absolute Gasteiger partial charge is 0.224 e. The summed E-state index contributed by atoms with van der Waals surface area (Å²) in [5, 5.41) is 7.26. The van der Waals surface area contributed by atoms with E-state index in [9.17, 15) is 0 Å². The molecule has 4 aromatic rings. The van der Waals surface area contributed by atoms with Crippen LogP contribution >= 0.6 is 0 Å². The molecule has 6 heteroatoms. The minimum atomic E-state index is 0.414. The van der Waals surface area contributed by atoms with Crippen molar-refractivity contribution in [2.45, 2.75) is 20.8 Å². The Balaban J connectivity index is 1.61. The Bertz CT molecular complexity index is 1110. The van der Waals surface area contributed by atoms with Gasteiger partial charge in [-0.1, -0.05) is 24.3 Å². The third-order valence-corrected chi connectivity index (χ3v) is 4.17. The third-order valence-electron chi connectivity index (χ3n) is 4.17. The molecule has 6 nitrogen and oxygen atoms in total. The van der Waals surface area contributed by atoms with Crippen molar-refractivity contribution in [3.63, 3.8) is 0 Å². The van der Waals surface area contributed by atoms with Crippen LogP contribution in [0.4, 0.5) is 0 Å². The first-order chi connectivity index (χ1) is 13.6. The number of nitrogens with zero attached hydrogens (tertiary/aromatic N) is 3. The number of benzene rings is 1. The molecule has 0 saturated carbocycles. The summed E-state index contributed by atoms with van der Waals surface area (Å²) in [5.74, 6) is 2.08. The minimum Gasteiger partial charge on any atom is -0.439 e. The summed E-state index contributed by atoms with van der Waals surface area (Å²) >= 11 is 0. The Kier molecular flexibility index (Phi) is 4.76. The van der Waals surface area contributed by atoms with Gasteiger partial charge in [0.25, 0.3) is 0 Å². The first-order valence-electron chi connectivity index (χ1n) is 8.97. The molecule has 0 saturated heterocycles. The molecule has 28 heavy (non-hydrogen) atoms. The van der Waals surface area contributed by atoms with E-state index < -0.39 is 0 Å². The molecule has 0 fully saturated rings. The number of hydrogen-bond donors (Lipinski definition) is 1. The van der Waals surface area contributed by atoms with Crippen LogP contribution in [0.15, 0.2) is 60.7 Å². The Hall–Kier alpha value is -3.67. The van der Waals surface area contributed by atoms with E-state index in [0.29, 0.717) is 23.4 Å². The Morgan fingerprint density at radius 3 is 2.21 bits per heavy atom. The zero-order valence-corrected chi connectivity index (χ0v) is 15.9. The number of rotatable bonds is 5. The maximum absolute atomic E-state index is 5.97. The van der Waals surface area contributed by atoms with E-state index in [0.717, 1.165) is 28.2 Å². The van der Waals surface area contributed by atoms with Gasteiger partial charge in [-0.05, 0) is 50.6 Å². The molecule has 1 aromatic carbocycles. The minimum absolute atomic E-state index is 0.414. The lowest BCUT2D eigenvalue weighted by molar-refractivity contribution is 0.415. The van der Waals surface area contributed by atoms with Gasteiger partial charge >= 0.3 is 0 Å². The normalized spacial score (nSPS) is 10.7. The molecule has 0 aliphatic carbocycles. The summed E-state index contributed by atoms with van der Waals surface area (Å²) in [6.07, 6.45) is 0. The fourth-order valence-corrected chi connectivity index (χ4v) is 2.85. The van der Waals surface area contributed by atoms with Gasteiger partial charge in [-0.3, -0.25) is 5.10 Å². The highest BCUT2D eigenvalue weighted by atomic mass is 16.5. The molecular formula is C22H20N4O2. The first-order valence-corrected chi connectivity index (χ1v) is 8.97. The second-order valence-corrected chi connectivity index (χ2v) is 6.54. The standard InChI is InChI=1S/C22H20N4O2/c1-14-12-15(2)22(24-21(14)18-13-16(3)25-26-18)28-20-11-7-10-19(23-20)27-17-8-5-4-6-9-17/h4-13H,1-3H3,(H,25,26). The lowest BCUT2D eigenvalue weighted by atomic mass is 10.1. The fourth-order valence-electron chi connectivity index (χ4n) is 2.85. The summed E-state index contributed by atoms with van der Waals surface area (Å²) in [5.41, 5.74) is 4.50. The molecule has 3 aromatic heterocycles. The number of aryl methyl sites for hydroxylation is 3. The van der Waals surface area contributed by atoms with Crippen LogP contribution in [0, 0.1) is 20.8 Å². The molecule has 0 atom stereocenters. The molecule has 0 aliphatic rings. The second kappa shape index (κ2) is 7.52. The molecule has 0 spiro atoms. The molecule has 1 N–H and O–H groups in total. The van der Waals surface area contributed by atoms with Gasteiger partial charge in [0.15, 0.2) is 0 Å². The number of aromatic nitrogens is 4. The third kappa shape index (κ3) is 3.86. The number of ether oxygens (including phenoxy) is 2. The first kappa shape index (κ1) is 17.7. The molecule has 0 aliphatic heterocycles. The van der Waals surface area contributed by atoms with Crippen LogP contribution in [0.5, 0.6) is 23.4 Å². The summed E-state index contributed by atoms with van der Waals surface area (Å²) in [4.78, 5) is 9.11. The number of para-hydroxylation sites is 1. The van der Waals surface area contributed by atoms with E-state index in [1.54, 1.807) is 12.1 Å². The Morgan fingerprint density at radius 2 is 1.50 bits per heavy atom. The van der Waals surface area contributed by atoms with E-state index in [2.05, 4.69) is 20.2 Å². The SMILES string of the molecule is Cc1cc(-c2nc(Oc3cccc(Oc4ccccc4)n3)c(C)cc2C)n[nH]1. The largest absolute Gasteiger partial charge is 0.439 e. The van der Waals surface area contributed by atoms with Gasteiger partial charge in [0, 0.05) is 23.4 Å². The van der Waals surface area contributed by atoms with E-state index >= 15 is 0 Å². The van der Waals surface area contributed by atoms with Crippen LogP contribution in [0.1, 0.15) is 16.8 Å². The van der Waals surface area contributed by atoms with Crippen LogP contribution in [0.3, 0.4) is 0 Å². The lowest BCUT2D eigenvalue weighted by Crippen LogP contribution is -1.98. The monoisotopic (exact) mass is 372 g/mol. The van der Waals surface area contributed by atoms with Gasteiger partial charge in [0.1, 0.15) is 11.4 Å². The van der Waals surface area contributed by atoms with Crippen LogP contribution in [0.25, 0.3) is 11.4 Å². The topological polar surface area (TPSA) is 72.9 Å². The van der Waals surface area contributed by atoms with Crippen LogP contribution in [-0.4, -0.2) is 20.2 Å². The van der Waals surface area contributed by atoms with Crippen LogP contribution < -0.4 is 9.47 Å². The number of hydrogen-bond acceptors (Lipinski definition) is 5. The maximum Gasteiger partial charge on any atom is 0.224 e. The molecule has 0 amide bonds. The predicted octanol–water partition coefficient (Wildman–Crippen LogP) is 5.38. The zero-order chi connectivity index (χ0) is 19.5. The molecule has 3 heterocycles. The summed E-state index contributed by atoms with van der Waals surface area (Å²) < 4.78 is 11.7. The number of aromatic amines is 1. The van der Waals surface area contributed by atoms with Gasteiger partial charge in [-0.2, -0.15) is 10.1 Å². The summed E-state index contributed by atoms with van der Waals surface area (Å²) in [7, 11) is 0. The van der Waals surface area contributed by atoms with Crippen molar-refractivity contribution in [2.24, 2.45) is 0 Å². The highest BCUT2D eigenvalue weighted by molar-refractivity contribution is 5.60. The van der Waals surface area contributed by atoms with Crippen molar-refractivity contribution >= 4 is 0 Å². The Labute approximate surface area is 163 Å². The molecule has 4 rings (SSSR count). The van der Waals surface area contributed by atoms with Crippen molar-refractivity contribution in [3.8, 4) is 34.8 Å². The van der Waals surface area contributed by atoms with E-state index in [-0.39, 0.29) is 0 Å². The van der Waals surface area contributed by atoms with Crippen molar-refractivity contribution in [1.29, 1.82) is 0 Å². The van der Waals surface area contributed by atoms with Crippen LogP contribution in [0.2, 0.25) is 0 Å². The quantitative estimate of drug-likeness (QED) is 0.509. The average Bonchev–Trinajstić information content (AvgIpc) is 3.11. The predicted molar refractivity (Wildman–Crippen MR) is 107 cm³/mol. The molecule has 0 unspecified atom stereocenters. The van der Waals surface area contributed by atoms with E-state index in [1.165, 1.54) is 0 Å². The van der Waals surface area contributed by atoms with Gasteiger partial charge in [-0.25, -0.2) is 4.98 Å². The highest BCUT2D eigenvalue weighted by Gasteiger charge is 2.13. The molecular weight excluding hydrogens is 352 g/mol. The highest BCUT2D eigenvalue weighted by Crippen LogP contribution is 2.29. The second-order valence-electron chi connectivity index (χ2n) is 6.54. The lowest BCUT2D eigenvalue weighted by Gasteiger charge is -2.11. The van der Waals surface area contributed by atoms with Crippen molar-refractivity contribution in [3.05, 3.63) is 77.5 Å². The van der Waals surface area contributed by atoms with Gasteiger partial charge in [-0.15, -0.1) is 0 Å². The van der Waals surface area contributed by atoms with Crippen LogP contribution in [-0.2, 0) is 0 Å². The van der Waals surface area contributed by atoms with E-state index in [4.69, 9.17) is 9.47 Å². The zero-order valence-electron chi connectivity index (χ0n) is 15.9. The summed E-state index contributed by atoms with van der Waals surface area (Å²) in [6.45, 7) is 5.93. The van der Waals surface area contributed by atoms with Gasteiger partial charge < -0.3 is 9.47 Å². The summed E-state index contributed by atoms with van der Waals surface area (Å²) in [6, 6.07) is 18.9. The fraction of sp³-hybridized carbons (Fsp3) is 0.136. The van der Waals surface area contributed by atoms with E-state index in [1.807, 2.05) is 69.3 Å². The van der Waals surface area contributed by atoms with Gasteiger partial charge in [0.2, 0.25) is 17.6 Å². The van der Waals surface area contributed by atoms with Crippen molar-refractivity contribution in [2.75, 3.05) is 0 Å². The molecule has 0 radical (unpaired) electrons. The Morgan fingerprint density at radius 1 is 0.750 bits per heavy atom. The van der Waals surface area contributed by atoms with Gasteiger partial charge in [0.05, 0.1) is 5.69 Å². The molecule has 0 bridgehead atoms. The number of pyridine rings is 2. The average molecular weight is 372 g/mol. The number of H-pyrrole nitrogens is 1. The number of nitrogens with one attached hydrogen (secondary N) is 1. The van der Waals surface area contributed by atoms with Crippen molar-refractivity contribution < 1.29 is 9.47 Å². The molecule has 140 valence electrons.